The number of aliphatic carboxylic acids is 1. The molecular formula is C37H65NO5. The number of nitrogens with one attached hydrogen (secondary N) is 1. The van der Waals surface area contributed by atoms with Gasteiger partial charge in [-0.05, 0) is 77.0 Å². The molecule has 248 valence electrons. The van der Waals surface area contributed by atoms with Crippen LogP contribution in [0.4, 0.5) is 0 Å². The van der Waals surface area contributed by atoms with Crippen molar-refractivity contribution in [3.8, 4) is 0 Å². The largest absolute Gasteiger partial charge is 0.480 e. The van der Waals surface area contributed by atoms with Gasteiger partial charge in [0.05, 0.1) is 0 Å². The predicted octanol–water partition coefficient (Wildman–Crippen LogP) is 10.2. The molecule has 0 spiro atoms. The number of carbonyl (C=O) groups excluding carboxylic acids is 2. The van der Waals surface area contributed by atoms with E-state index in [-0.39, 0.29) is 24.5 Å². The summed E-state index contributed by atoms with van der Waals surface area (Å²) >= 11 is 0. The highest BCUT2D eigenvalue weighted by Crippen LogP contribution is 2.17. The molecule has 0 aliphatic carbocycles. The van der Waals surface area contributed by atoms with Gasteiger partial charge in [0, 0.05) is 12.8 Å². The molecule has 0 aliphatic rings. The lowest BCUT2D eigenvalue weighted by molar-refractivity contribution is -0.150. The summed E-state index contributed by atoms with van der Waals surface area (Å²) in [6.07, 6.45) is 38.5. The second kappa shape index (κ2) is 32.5. The molecule has 6 heteroatoms. The van der Waals surface area contributed by atoms with Gasteiger partial charge in [-0.15, -0.1) is 0 Å². The van der Waals surface area contributed by atoms with Gasteiger partial charge in [0.1, 0.15) is 12.6 Å². The SMILES string of the molecule is CCCCC/C=C\C/C=C\C/C=C\CCCCCCCCC(=O)OC(CCCCCC)CCCCCC(=O)NCC(=O)O. The van der Waals surface area contributed by atoms with E-state index in [1.54, 1.807) is 0 Å². The molecule has 0 radical (unpaired) electrons. The number of ether oxygens (including phenoxy) is 1. The molecule has 43 heavy (non-hydrogen) atoms. The number of hydrogen-bond acceptors (Lipinski definition) is 4. The van der Waals surface area contributed by atoms with Gasteiger partial charge >= 0.3 is 11.9 Å². The van der Waals surface area contributed by atoms with Crippen LogP contribution in [-0.2, 0) is 19.1 Å². The molecule has 0 heterocycles. The van der Waals surface area contributed by atoms with Gasteiger partial charge < -0.3 is 15.2 Å². The second-order valence-corrected chi connectivity index (χ2v) is 11.8. The number of amides is 1. The Labute approximate surface area is 264 Å². The topological polar surface area (TPSA) is 92.7 Å². The first-order valence-corrected chi connectivity index (χ1v) is 17.6. The van der Waals surface area contributed by atoms with Crippen LogP contribution in [0.2, 0.25) is 0 Å². The Morgan fingerprint density at radius 3 is 1.67 bits per heavy atom. The van der Waals surface area contributed by atoms with Crippen molar-refractivity contribution in [2.75, 3.05) is 6.54 Å². The molecule has 0 aromatic carbocycles. The van der Waals surface area contributed by atoms with Crippen molar-refractivity contribution >= 4 is 17.8 Å². The van der Waals surface area contributed by atoms with Gasteiger partial charge in [-0.25, -0.2) is 0 Å². The van der Waals surface area contributed by atoms with Gasteiger partial charge in [-0.1, -0.05) is 115 Å². The molecule has 0 bridgehead atoms. The molecule has 0 fully saturated rings. The molecule has 6 nitrogen and oxygen atoms in total. The minimum atomic E-state index is -1.03. The fraction of sp³-hybridized carbons (Fsp3) is 0.757. The molecule has 1 amide bonds. The van der Waals surface area contributed by atoms with E-state index in [0.717, 1.165) is 70.6 Å². The van der Waals surface area contributed by atoms with Crippen LogP contribution in [0.1, 0.15) is 168 Å². The van der Waals surface area contributed by atoms with Gasteiger partial charge in [0.2, 0.25) is 5.91 Å². The fourth-order valence-corrected chi connectivity index (χ4v) is 4.93. The number of esters is 1. The fourth-order valence-electron chi connectivity index (χ4n) is 4.93. The standard InChI is InChI=1S/C37H65NO5/c1-3-5-7-9-10-11-12-13-14-15-16-17-18-19-20-21-22-23-28-32-37(42)43-34(29-25-8-6-4-2)30-26-24-27-31-35(39)38-33-36(40)41/h10-11,13-14,16-17,34H,3-9,12,15,18-33H2,1-2H3,(H,38,39)(H,40,41)/b11-10-,14-13-,17-16-. The molecule has 0 aromatic heterocycles. The Bertz CT molecular complexity index is 758. The summed E-state index contributed by atoms with van der Waals surface area (Å²) < 4.78 is 5.86. The molecule has 0 aromatic rings. The number of hydrogen-bond donors (Lipinski definition) is 2. The average molecular weight is 604 g/mol. The molecular weight excluding hydrogens is 538 g/mol. The quantitative estimate of drug-likeness (QED) is 0.0467. The van der Waals surface area contributed by atoms with E-state index in [2.05, 4.69) is 55.6 Å². The molecule has 0 aliphatic heterocycles. The Balaban J connectivity index is 3.89. The van der Waals surface area contributed by atoms with Crippen molar-refractivity contribution < 1.29 is 24.2 Å². The third-order valence-corrected chi connectivity index (χ3v) is 7.56. The lowest BCUT2D eigenvalue weighted by Gasteiger charge is -2.18. The first-order valence-electron chi connectivity index (χ1n) is 17.6. The number of carbonyl (C=O) groups is 3. The number of allylic oxidation sites excluding steroid dienone is 6. The van der Waals surface area contributed by atoms with Crippen LogP contribution in [-0.4, -0.2) is 35.6 Å². The van der Waals surface area contributed by atoms with Gasteiger partial charge in [0.15, 0.2) is 0 Å². The van der Waals surface area contributed by atoms with E-state index in [4.69, 9.17) is 9.84 Å². The minimum absolute atomic E-state index is 0.0362. The van der Waals surface area contributed by atoms with Crippen molar-refractivity contribution in [2.24, 2.45) is 0 Å². The van der Waals surface area contributed by atoms with Gasteiger partial charge in [-0.3, -0.25) is 14.4 Å². The summed E-state index contributed by atoms with van der Waals surface area (Å²) in [4.78, 5) is 34.7. The summed E-state index contributed by atoms with van der Waals surface area (Å²) in [5, 5.41) is 11.0. The van der Waals surface area contributed by atoms with Crippen LogP contribution in [0.15, 0.2) is 36.5 Å². The summed E-state index contributed by atoms with van der Waals surface area (Å²) in [5.41, 5.74) is 0. The third kappa shape index (κ3) is 32.4. The van der Waals surface area contributed by atoms with Crippen LogP contribution in [0.25, 0.3) is 0 Å². The first-order chi connectivity index (χ1) is 21.0. The zero-order valence-electron chi connectivity index (χ0n) is 27.8. The van der Waals surface area contributed by atoms with Crippen molar-refractivity contribution in [1.82, 2.24) is 5.32 Å². The number of unbranched alkanes of at least 4 members (excludes halogenated alkanes) is 14. The van der Waals surface area contributed by atoms with Crippen LogP contribution in [0.3, 0.4) is 0 Å². The highest BCUT2D eigenvalue weighted by molar-refractivity contribution is 5.80. The van der Waals surface area contributed by atoms with E-state index in [0.29, 0.717) is 19.3 Å². The van der Waals surface area contributed by atoms with Crippen LogP contribution in [0, 0.1) is 0 Å². The van der Waals surface area contributed by atoms with E-state index >= 15 is 0 Å². The highest BCUT2D eigenvalue weighted by atomic mass is 16.5. The van der Waals surface area contributed by atoms with E-state index in [1.807, 2.05) is 0 Å². The zero-order chi connectivity index (χ0) is 31.6. The Morgan fingerprint density at radius 2 is 1.07 bits per heavy atom. The number of carboxylic acid groups (broad SMARTS) is 1. The maximum Gasteiger partial charge on any atom is 0.322 e. The summed E-state index contributed by atoms with van der Waals surface area (Å²) in [6.45, 7) is 4.10. The lowest BCUT2D eigenvalue weighted by atomic mass is 10.0. The Hall–Kier alpha value is -2.37. The average Bonchev–Trinajstić information content (AvgIpc) is 2.99. The third-order valence-electron chi connectivity index (χ3n) is 7.56. The van der Waals surface area contributed by atoms with Crippen molar-refractivity contribution in [3.63, 3.8) is 0 Å². The normalized spacial score (nSPS) is 12.4. The van der Waals surface area contributed by atoms with Gasteiger partial charge in [-0.2, -0.15) is 0 Å². The maximum absolute atomic E-state index is 12.5. The molecule has 1 atom stereocenters. The number of rotatable bonds is 31. The molecule has 2 N–H and O–H groups in total. The van der Waals surface area contributed by atoms with E-state index < -0.39 is 5.97 Å². The minimum Gasteiger partial charge on any atom is -0.480 e. The van der Waals surface area contributed by atoms with Crippen molar-refractivity contribution in [3.05, 3.63) is 36.5 Å². The van der Waals surface area contributed by atoms with E-state index in [1.165, 1.54) is 64.2 Å². The van der Waals surface area contributed by atoms with E-state index in [9.17, 15) is 14.4 Å². The maximum atomic E-state index is 12.5. The van der Waals surface area contributed by atoms with Gasteiger partial charge in [0.25, 0.3) is 0 Å². The number of carboxylic acids is 1. The van der Waals surface area contributed by atoms with Crippen LogP contribution >= 0.6 is 0 Å². The lowest BCUT2D eigenvalue weighted by Crippen LogP contribution is -2.28. The predicted molar refractivity (Wildman–Crippen MR) is 180 cm³/mol. The summed E-state index contributed by atoms with van der Waals surface area (Å²) in [5.74, 6) is -1.33. The Kier molecular flexibility index (Phi) is 30.7. The summed E-state index contributed by atoms with van der Waals surface area (Å²) in [7, 11) is 0. The van der Waals surface area contributed by atoms with Crippen LogP contribution in [0.5, 0.6) is 0 Å². The molecule has 0 saturated carbocycles. The van der Waals surface area contributed by atoms with Crippen LogP contribution < -0.4 is 5.32 Å². The monoisotopic (exact) mass is 603 g/mol. The van der Waals surface area contributed by atoms with Crippen molar-refractivity contribution in [1.29, 1.82) is 0 Å². The zero-order valence-corrected chi connectivity index (χ0v) is 27.8. The summed E-state index contributed by atoms with van der Waals surface area (Å²) in [6, 6.07) is 0. The smallest absolute Gasteiger partial charge is 0.322 e. The first kappa shape index (κ1) is 40.6. The molecule has 0 saturated heterocycles. The Morgan fingerprint density at radius 1 is 0.605 bits per heavy atom. The molecule has 1 unspecified atom stereocenters. The molecule has 0 rings (SSSR count). The van der Waals surface area contributed by atoms with Crippen molar-refractivity contribution in [2.45, 2.75) is 174 Å². The second-order valence-electron chi connectivity index (χ2n) is 11.8. The highest BCUT2D eigenvalue weighted by Gasteiger charge is 2.14.